The number of carbonyl (C=O) groups excluding carboxylic acids is 2. The zero-order valence-electron chi connectivity index (χ0n) is 9.39. The zero-order valence-corrected chi connectivity index (χ0v) is 10.1. The van der Waals surface area contributed by atoms with Crippen LogP contribution in [-0.2, 0) is 4.79 Å². The SMILES string of the molecule is NC(=O)c1ccc(Cl)c(NC(=O)C(F)(F)C(F)(F)F)c1. The van der Waals surface area contributed by atoms with Crippen LogP contribution in [0.15, 0.2) is 18.2 Å². The van der Waals surface area contributed by atoms with Gasteiger partial charge < -0.3 is 11.1 Å². The number of hydrogen-bond acceptors (Lipinski definition) is 2. The third-order valence-corrected chi connectivity index (χ3v) is 2.47. The van der Waals surface area contributed by atoms with Gasteiger partial charge in [-0.05, 0) is 18.2 Å². The number of halogens is 6. The quantitative estimate of drug-likeness (QED) is 0.841. The van der Waals surface area contributed by atoms with Gasteiger partial charge in [-0.3, -0.25) is 9.59 Å². The summed E-state index contributed by atoms with van der Waals surface area (Å²) in [6.45, 7) is 0. The van der Waals surface area contributed by atoms with Crippen LogP contribution in [0.4, 0.5) is 27.6 Å². The van der Waals surface area contributed by atoms with Gasteiger partial charge in [0.2, 0.25) is 5.91 Å². The largest absolute Gasteiger partial charge is 0.463 e. The Kier molecular flexibility index (Phi) is 4.23. The number of carbonyl (C=O) groups is 2. The average molecular weight is 317 g/mol. The van der Waals surface area contributed by atoms with Crippen molar-refractivity contribution in [3.05, 3.63) is 28.8 Å². The Hall–Kier alpha value is -1.90. The van der Waals surface area contributed by atoms with Crippen molar-refractivity contribution < 1.29 is 31.5 Å². The van der Waals surface area contributed by atoms with E-state index in [2.05, 4.69) is 0 Å². The second-order valence-corrected chi connectivity index (χ2v) is 3.99. The summed E-state index contributed by atoms with van der Waals surface area (Å²) in [5.74, 6) is -9.19. The molecule has 1 aromatic carbocycles. The molecule has 0 aliphatic rings. The standard InChI is InChI=1S/C10H6ClF5N2O2/c11-5-2-1-4(7(17)19)3-6(5)18-8(20)9(12,13)10(14,15)16/h1-3H,(H2,17,19)(H,18,20). The molecule has 0 heterocycles. The molecule has 0 bridgehead atoms. The number of primary amides is 1. The first-order valence-electron chi connectivity index (χ1n) is 4.82. The fourth-order valence-corrected chi connectivity index (χ4v) is 1.27. The molecule has 0 unspecified atom stereocenters. The lowest BCUT2D eigenvalue weighted by Crippen LogP contribution is -2.47. The third kappa shape index (κ3) is 3.16. The highest BCUT2D eigenvalue weighted by molar-refractivity contribution is 6.34. The third-order valence-electron chi connectivity index (χ3n) is 2.14. The maximum atomic E-state index is 12.7. The lowest BCUT2D eigenvalue weighted by atomic mass is 10.2. The van der Waals surface area contributed by atoms with Gasteiger partial charge in [-0.2, -0.15) is 22.0 Å². The van der Waals surface area contributed by atoms with E-state index < -0.39 is 29.6 Å². The topological polar surface area (TPSA) is 72.2 Å². The maximum absolute atomic E-state index is 12.7. The van der Waals surface area contributed by atoms with Gasteiger partial charge in [0.25, 0.3) is 0 Å². The number of benzene rings is 1. The van der Waals surface area contributed by atoms with E-state index in [0.717, 1.165) is 18.2 Å². The minimum atomic E-state index is -6.05. The van der Waals surface area contributed by atoms with Crippen LogP contribution in [-0.4, -0.2) is 23.9 Å². The summed E-state index contributed by atoms with van der Waals surface area (Å²) in [5, 5.41) is 0.972. The van der Waals surface area contributed by atoms with Gasteiger partial charge in [-0.15, -0.1) is 0 Å². The monoisotopic (exact) mass is 316 g/mol. The van der Waals surface area contributed by atoms with Crippen LogP contribution in [0.3, 0.4) is 0 Å². The highest BCUT2D eigenvalue weighted by Crippen LogP contribution is 2.37. The minimum Gasteiger partial charge on any atom is -0.366 e. The van der Waals surface area contributed by atoms with E-state index in [1.54, 1.807) is 0 Å². The molecule has 0 spiro atoms. The van der Waals surface area contributed by atoms with Crippen molar-refractivity contribution in [1.29, 1.82) is 0 Å². The summed E-state index contributed by atoms with van der Waals surface area (Å²) >= 11 is 5.52. The maximum Gasteiger partial charge on any atom is 0.463 e. The Bertz CT molecular complexity index is 559. The number of hydrogen-bond donors (Lipinski definition) is 2. The van der Waals surface area contributed by atoms with Crippen LogP contribution in [0.2, 0.25) is 5.02 Å². The van der Waals surface area contributed by atoms with Crippen molar-refractivity contribution in [1.82, 2.24) is 0 Å². The van der Waals surface area contributed by atoms with Crippen LogP contribution in [0, 0.1) is 0 Å². The van der Waals surface area contributed by atoms with E-state index in [0.29, 0.717) is 0 Å². The average Bonchev–Trinajstić information content (AvgIpc) is 2.29. The molecule has 0 saturated heterocycles. The first kappa shape index (κ1) is 16.2. The van der Waals surface area contributed by atoms with Gasteiger partial charge in [0.05, 0.1) is 10.7 Å². The molecule has 1 aromatic rings. The summed E-state index contributed by atoms with van der Waals surface area (Å²) in [6.07, 6.45) is -6.05. The van der Waals surface area contributed by atoms with Crippen LogP contribution >= 0.6 is 11.6 Å². The van der Waals surface area contributed by atoms with E-state index in [9.17, 15) is 31.5 Å². The van der Waals surface area contributed by atoms with Gasteiger partial charge in [0, 0.05) is 5.56 Å². The number of amides is 2. The summed E-state index contributed by atoms with van der Waals surface area (Å²) in [4.78, 5) is 21.8. The molecule has 0 saturated carbocycles. The molecule has 0 aromatic heterocycles. The highest BCUT2D eigenvalue weighted by atomic mass is 35.5. The lowest BCUT2D eigenvalue weighted by molar-refractivity contribution is -0.267. The van der Waals surface area contributed by atoms with E-state index in [1.165, 1.54) is 5.32 Å². The van der Waals surface area contributed by atoms with E-state index in [1.807, 2.05) is 0 Å². The van der Waals surface area contributed by atoms with Crippen molar-refractivity contribution in [2.75, 3.05) is 5.32 Å². The Morgan fingerprint density at radius 2 is 1.70 bits per heavy atom. The highest BCUT2D eigenvalue weighted by Gasteiger charge is 2.63. The summed E-state index contributed by atoms with van der Waals surface area (Å²) < 4.78 is 61.4. The number of nitrogens with two attached hydrogens (primary N) is 1. The first-order chi connectivity index (χ1) is 8.96. The molecule has 110 valence electrons. The van der Waals surface area contributed by atoms with Gasteiger partial charge in [-0.1, -0.05) is 11.6 Å². The molecule has 3 N–H and O–H groups in total. The normalized spacial score (nSPS) is 12.1. The summed E-state index contributed by atoms with van der Waals surface area (Å²) in [5.41, 5.74) is 4.09. The molecular formula is C10H6ClF5N2O2. The molecule has 4 nitrogen and oxygen atoms in total. The van der Waals surface area contributed by atoms with Crippen LogP contribution in [0.25, 0.3) is 0 Å². The van der Waals surface area contributed by atoms with Crippen molar-refractivity contribution >= 4 is 29.1 Å². The molecule has 0 aliphatic carbocycles. The molecular weight excluding hydrogens is 311 g/mol. The molecule has 0 atom stereocenters. The zero-order chi connectivity index (χ0) is 15.7. The van der Waals surface area contributed by atoms with E-state index in [-0.39, 0.29) is 10.6 Å². The summed E-state index contributed by atoms with van der Waals surface area (Å²) in [6, 6.07) is 2.92. The lowest BCUT2D eigenvalue weighted by Gasteiger charge is -2.19. The fraction of sp³-hybridized carbons (Fsp3) is 0.200. The van der Waals surface area contributed by atoms with Crippen LogP contribution in [0.1, 0.15) is 10.4 Å². The Morgan fingerprint density at radius 1 is 1.15 bits per heavy atom. The Balaban J connectivity index is 3.08. The number of nitrogens with one attached hydrogen (secondary N) is 1. The van der Waals surface area contributed by atoms with Crippen molar-refractivity contribution in [3.8, 4) is 0 Å². The number of rotatable bonds is 3. The van der Waals surface area contributed by atoms with Crippen molar-refractivity contribution in [3.63, 3.8) is 0 Å². The molecule has 2 amide bonds. The molecule has 0 fully saturated rings. The van der Waals surface area contributed by atoms with Gasteiger partial charge >= 0.3 is 18.0 Å². The second kappa shape index (κ2) is 5.23. The van der Waals surface area contributed by atoms with Gasteiger partial charge in [-0.25, -0.2) is 0 Å². The minimum absolute atomic E-state index is 0.222. The van der Waals surface area contributed by atoms with E-state index >= 15 is 0 Å². The van der Waals surface area contributed by atoms with Crippen LogP contribution < -0.4 is 11.1 Å². The smallest absolute Gasteiger partial charge is 0.366 e. The predicted molar refractivity (Wildman–Crippen MR) is 59.6 cm³/mol. The van der Waals surface area contributed by atoms with Gasteiger partial charge in [0.1, 0.15) is 0 Å². The predicted octanol–water partition coefficient (Wildman–Crippen LogP) is 2.58. The number of anilines is 1. The summed E-state index contributed by atoms with van der Waals surface area (Å²) in [7, 11) is 0. The van der Waals surface area contributed by atoms with Crippen LogP contribution in [0.5, 0.6) is 0 Å². The van der Waals surface area contributed by atoms with E-state index in [4.69, 9.17) is 17.3 Å². The molecule has 0 aliphatic heterocycles. The molecule has 10 heteroatoms. The first-order valence-corrected chi connectivity index (χ1v) is 5.20. The molecule has 1 rings (SSSR count). The second-order valence-electron chi connectivity index (χ2n) is 3.59. The van der Waals surface area contributed by atoms with Crippen molar-refractivity contribution in [2.45, 2.75) is 12.1 Å². The Morgan fingerprint density at radius 3 is 2.15 bits per heavy atom. The fourth-order valence-electron chi connectivity index (χ4n) is 1.10. The molecule has 0 radical (unpaired) electrons. The number of alkyl halides is 5. The van der Waals surface area contributed by atoms with Gasteiger partial charge in [0.15, 0.2) is 0 Å². The molecule has 20 heavy (non-hydrogen) atoms. The Labute approximate surface area is 113 Å². The van der Waals surface area contributed by atoms with Crippen molar-refractivity contribution in [2.24, 2.45) is 5.73 Å².